The average Bonchev–Trinajstić information content (AvgIpc) is 0.734. The lowest BCUT2D eigenvalue weighted by atomic mass is 9.92. The molecule has 2 nitrogen and oxygen atoms in total. The molecule has 464 valence electrons. The number of hydrogen-bond donors (Lipinski definition) is 0. The maximum atomic E-state index is 16.7. The van der Waals surface area contributed by atoms with Gasteiger partial charge >= 0.3 is 12.4 Å². The Morgan fingerprint density at radius 1 is 0.213 bits per heavy atom. The second-order valence-corrected chi connectivity index (χ2v) is 18.2. The molecule has 0 bridgehead atoms. The van der Waals surface area contributed by atoms with Gasteiger partial charge in [-0.15, -0.1) is 0 Å². The number of halogens is 33. The van der Waals surface area contributed by atoms with Gasteiger partial charge in [-0.25, -0.2) is 119 Å². The van der Waals surface area contributed by atoms with E-state index < -0.39 is 315 Å². The van der Waals surface area contributed by atoms with Crippen molar-refractivity contribution in [2.24, 2.45) is 0 Å². The van der Waals surface area contributed by atoms with Gasteiger partial charge < -0.3 is 4.90 Å². The summed E-state index contributed by atoms with van der Waals surface area (Å²) in [5, 5.41) is -20.7. The number of alkyl halides is 6. The molecule has 10 aromatic carbocycles. The van der Waals surface area contributed by atoms with E-state index in [1.807, 2.05) is 0 Å². The largest absolute Gasteiger partial charge is 0.417 e. The monoisotopic (exact) mass is 1310 g/mol. The fourth-order valence-electron chi connectivity index (χ4n) is 9.65. The van der Waals surface area contributed by atoms with Crippen LogP contribution in [0.5, 0.6) is 0 Å². The van der Waals surface area contributed by atoms with Crippen LogP contribution in [-0.4, -0.2) is 0 Å². The molecule has 0 aromatic heterocycles. The topological polar surface area (TPSA) is 6.48 Å². The molecule has 0 radical (unpaired) electrons. The Morgan fingerprint density at radius 3 is 0.719 bits per heavy atom. The number of anilines is 6. The maximum absolute atomic E-state index is 16.7. The number of nitrogens with zero attached hydrogens (tertiary/aromatic N) is 2. The molecule has 10 aromatic rings. The lowest BCUT2D eigenvalue weighted by Crippen LogP contribution is -2.21. The molecular formula is C54H7F33N2. The van der Waals surface area contributed by atoms with E-state index >= 15 is 92.2 Å². The van der Waals surface area contributed by atoms with Gasteiger partial charge in [0, 0.05) is 17.4 Å². The quantitative estimate of drug-likeness (QED) is 0.0891. The van der Waals surface area contributed by atoms with E-state index in [0.29, 0.717) is 0 Å². The molecule has 0 saturated heterocycles. The van der Waals surface area contributed by atoms with Crippen molar-refractivity contribution in [3.63, 3.8) is 0 Å². The lowest BCUT2D eigenvalue weighted by molar-refractivity contribution is -0.139. The van der Waals surface area contributed by atoms with Crippen LogP contribution >= 0.6 is 0 Å². The third kappa shape index (κ3) is 8.81. The molecule has 0 heterocycles. The summed E-state index contributed by atoms with van der Waals surface area (Å²) < 4.78 is 509. The Labute approximate surface area is 465 Å². The third-order valence-electron chi connectivity index (χ3n) is 13.5. The number of benzene rings is 10. The Balaban J connectivity index is 1.32. The predicted molar refractivity (Wildman–Crippen MR) is 240 cm³/mol. The van der Waals surface area contributed by atoms with E-state index in [9.17, 15) is 52.7 Å². The van der Waals surface area contributed by atoms with Gasteiger partial charge in [0.2, 0.25) is 0 Å². The van der Waals surface area contributed by atoms with Crippen LogP contribution in [0, 0.1) is 157 Å². The number of rotatable bonds is 7. The highest BCUT2D eigenvalue weighted by atomic mass is 19.4. The molecule has 89 heavy (non-hydrogen) atoms. The molecule has 35 heteroatoms. The van der Waals surface area contributed by atoms with Crippen LogP contribution in [0.4, 0.5) is 179 Å². The summed E-state index contributed by atoms with van der Waals surface area (Å²) in [6.45, 7) is 0. The van der Waals surface area contributed by atoms with Gasteiger partial charge in [0.25, 0.3) is 0 Å². The first-order chi connectivity index (χ1) is 41.2. The smallest absolute Gasteiger partial charge is 0.302 e. The first-order valence-electron chi connectivity index (χ1n) is 22.9. The van der Waals surface area contributed by atoms with Crippen LogP contribution in [0.1, 0.15) is 11.1 Å². The van der Waals surface area contributed by atoms with Crippen LogP contribution in [0.3, 0.4) is 0 Å². The van der Waals surface area contributed by atoms with Crippen molar-refractivity contribution in [3.05, 3.63) is 211 Å². The summed E-state index contributed by atoms with van der Waals surface area (Å²) in [6.07, 6.45) is -13.0. The minimum Gasteiger partial charge on any atom is -0.302 e. The van der Waals surface area contributed by atoms with Crippen LogP contribution in [0.25, 0.3) is 54.2 Å². The third-order valence-corrected chi connectivity index (χ3v) is 13.5. The summed E-state index contributed by atoms with van der Waals surface area (Å²) >= 11 is 0. The second kappa shape index (κ2) is 20.8. The highest BCUT2D eigenvalue weighted by Gasteiger charge is 2.44. The van der Waals surface area contributed by atoms with Crippen molar-refractivity contribution in [2.45, 2.75) is 12.4 Å². The minimum absolute atomic E-state index is 0.283. The minimum atomic E-state index is -6.50. The first kappa shape index (κ1) is 62.6. The normalized spacial score (nSPS) is 12.3. The van der Waals surface area contributed by atoms with Gasteiger partial charge in [0.15, 0.2) is 151 Å². The molecule has 0 aliphatic carbocycles. The molecule has 0 aliphatic rings. The van der Waals surface area contributed by atoms with Crippen LogP contribution in [-0.2, 0) is 12.4 Å². The van der Waals surface area contributed by atoms with Crippen molar-refractivity contribution in [3.8, 4) is 11.1 Å². The standard InChI is InChI=1S/C54H7F33N2/c55-14-7-15(24(56)17-16(14)25(57)39(71)40(72)26(17)58)88(50-36(68)21-18(33(65)47(50)79)27(59)41(73)44(76)30(21)62)8-1-3-10(12(5-8)53(82,83)84)11-4-2-9(6-13(11)54(85,86)87)89(51-37(69)22-19(34(66)48(51)80)28(60)42(74)45(77)31(22)63)52-38(70)23-20(35(67)49(52)81)29(61)43(75)46(78)32(23)64/h1-7H. The SMILES string of the molecule is Fc1c(F)c(F)c2c(F)c(N(c3ccc(-c4ccc(N(c5c(F)c(F)c6c(F)c(F)c(F)c(F)c6c5F)c5c(F)c(F)c6c(F)c(F)c(F)c(F)c6c5F)cc4C(F)(F)F)c(C(F)(F)F)c3)c3c(F)c(F)c4c(F)c(F)c(F)c(F)c4c3F)cc(F)c2c1F. The van der Waals surface area contributed by atoms with E-state index in [0.717, 1.165) is 0 Å². The summed E-state index contributed by atoms with van der Waals surface area (Å²) in [5.41, 5.74) is -25.7. The van der Waals surface area contributed by atoms with E-state index in [2.05, 4.69) is 0 Å². The fraction of sp³-hybridized carbons (Fsp3) is 0.0370. The molecule has 0 aliphatic heterocycles. The van der Waals surface area contributed by atoms with Gasteiger partial charge in [0.05, 0.1) is 59.9 Å². The molecule has 0 saturated carbocycles. The summed E-state index contributed by atoms with van der Waals surface area (Å²) in [5.74, 6) is -83.8. The molecule has 0 amide bonds. The molecule has 10 rings (SSSR count). The Kier molecular flexibility index (Phi) is 14.6. The van der Waals surface area contributed by atoms with Crippen molar-refractivity contribution in [1.82, 2.24) is 0 Å². The van der Waals surface area contributed by atoms with Crippen molar-refractivity contribution < 1.29 is 145 Å². The summed E-state index contributed by atoms with van der Waals surface area (Å²) in [4.78, 5) is -2.40. The van der Waals surface area contributed by atoms with Crippen molar-refractivity contribution in [1.29, 1.82) is 0 Å². The maximum Gasteiger partial charge on any atom is 0.417 e. The highest BCUT2D eigenvalue weighted by molar-refractivity contribution is 5.98. The van der Waals surface area contributed by atoms with E-state index in [1.54, 1.807) is 0 Å². The zero-order chi connectivity index (χ0) is 66.1. The van der Waals surface area contributed by atoms with Crippen molar-refractivity contribution >= 4 is 77.2 Å². The number of hydrogen-bond acceptors (Lipinski definition) is 2. The number of fused-ring (bicyclic) bond motifs is 4. The molecule has 0 atom stereocenters. The van der Waals surface area contributed by atoms with E-state index in [-0.39, 0.29) is 6.07 Å². The second-order valence-electron chi connectivity index (χ2n) is 18.2. The summed E-state index contributed by atoms with van der Waals surface area (Å²) in [6, 6.07) is -3.93. The van der Waals surface area contributed by atoms with Gasteiger partial charge in [-0.05, 0) is 35.4 Å². The van der Waals surface area contributed by atoms with Crippen LogP contribution in [0.2, 0.25) is 0 Å². The van der Waals surface area contributed by atoms with Gasteiger partial charge in [0.1, 0.15) is 22.9 Å². The van der Waals surface area contributed by atoms with Gasteiger partial charge in [-0.1, -0.05) is 12.1 Å². The average molecular weight is 1310 g/mol. The Morgan fingerprint density at radius 2 is 0.438 bits per heavy atom. The first-order valence-corrected chi connectivity index (χ1v) is 22.9. The van der Waals surface area contributed by atoms with Crippen molar-refractivity contribution in [2.75, 3.05) is 9.80 Å². The fourth-order valence-corrected chi connectivity index (χ4v) is 9.65. The van der Waals surface area contributed by atoms with Crippen LogP contribution in [0.15, 0.2) is 42.5 Å². The zero-order valence-corrected chi connectivity index (χ0v) is 40.9. The molecule has 0 N–H and O–H groups in total. The lowest BCUT2D eigenvalue weighted by Gasteiger charge is -2.30. The predicted octanol–water partition coefficient (Wildman–Crippen LogP) is 20.7. The van der Waals surface area contributed by atoms with E-state index in [4.69, 9.17) is 0 Å². The summed E-state index contributed by atoms with van der Waals surface area (Å²) in [7, 11) is 0. The molecule has 0 fully saturated rings. The Hall–Kier alpha value is -9.47. The van der Waals surface area contributed by atoms with Gasteiger partial charge in [-0.3, -0.25) is 4.90 Å². The van der Waals surface area contributed by atoms with Crippen LogP contribution < -0.4 is 9.80 Å². The molecule has 0 spiro atoms. The highest BCUT2D eigenvalue weighted by Crippen LogP contribution is 2.54. The van der Waals surface area contributed by atoms with E-state index in [1.165, 1.54) is 0 Å². The molecule has 0 unspecified atom stereocenters. The zero-order valence-electron chi connectivity index (χ0n) is 40.9. The Bertz CT molecular complexity index is 4740. The van der Waals surface area contributed by atoms with Gasteiger partial charge in [-0.2, -0.15) is 26.3 Å². The molecular weight excluding hydrogens is 1300 g/mol.